The molecule has 0 radical (unpaired) electrons. The van der Waals surface area contributed by atoms with Crippen LogP contribution in [0.15, 0.2) is 22.7 Å². The molecule has 1 saturated heterocycles. The standard InChI is InChI=1S/C16H24BrN3O2.ClH/c1-2-3-14(18)16(21)19-11-12-4-5-13(17)10-15(12)20-6-8-22-9-7-20;/h4-5,10,14H,2-3,6-9,11,18H2,1H3,(H,19,21);1H. The lowest BCUT2D eigenvalue weighted by molar-refractivity contribution is -0.122. The smallest absolute Gasteiger partial charge is 0.237 e. The summed E-state index contributed by atoms with van der Waals surface area (Å²) in [7, 11) is 0. The number of ether oxygens (including phenoxy) is 1. The predicted octanol–water partition coefficient (Wildman–Crippen LogP) is 2.45. The van der Waals surface area contributed by atoms with Gasteiger partial charge in [0.05, 0.1) is 19.3 Å². The number of morpholine rings is 1. The molecule has 1 fully saturated rings. The van der Waals surface area contributed by atoms with Gasteiger partial charge in [-0.15, -0.1) is 12.4 Å². The fourth-order valence-electron chi connectivity index (χ4n) is 2.54. The summed E-state index contributed by atoms with van der Waals surface area (Å²) in [5.41, 5.74) is 8.09. The van der Waals surface area contributed by atoms with Crippen molar-refractivity contribution in [1.82, 2.24) is 5.32 Å². The fourth-order valence-corrected chi connectivity index (χ4v) is 2.89. The predicted molar refractivity (Wildman–Crippen MR) is 99.2 cm³/mol. The summed E-state index contributed by atoms with van der Waals surface area (Å²) < 4.78 is 6.44. The zero-order valence-corrected chi connectivity index (χ0v) is 15.8. The number of anilines is 1. The number of benzene rings is 1. The Bertz CT molecular complexity index is 510. The largest absolute Gasteiger partial charge is 0.378 e. The normalized spacial score (nSPS) is 15.7. The summed E-state index contributed by atoms with van der Waals surface area (Å²) in [5.74, 6) is -0.0855. The molecule has 2 rings (SSSR count). The molecule has 1 aromatic carbocycles. The van der Waals surface area contributed by atoms with Crippen LogP contribution in [-0.4, -0.2) is 38.3 Å². The molecule has 1 amide bonds. The quantitative estimate of drug-likeness (QED) is 0.761. The Morgan fingerprint density at radius 2 is 2.13 bits per heavy atom. The maximum Gasteiger partial charge on any atom is 0.237 e. The SMILES string of the molecule is CCCC(N)C(=O)NCc1ccc(Br)cc1N1CCOCC1.Cl. The molecule has 0 spiro atoms. The Hall–Kier alpha value is -0.820. The molecule has 0 saturated carbocycles. The second-order valence-corrected chi connectivity index (χ2v) is 6.40. The van der Waals surface area contributed by atoms with E-state index in [1.807, 2.05) is 19.1 Å². The summed E-state index contributed by atoms with van der Waals surface area (Å²) in [6, 6.07) is 5.71. The highest BCUT2D eigenvalue weighted by Crippen LogP contribution is 2.26. The van der Waals surface area contributed by atoms with Gasteiger partial charge in [0.1, 0.15) is 0 Å². The van der Waals surface area contributed by atoms with Crippen molar-refractivity contribution in [3.05, 3.63) is 28.2 Å². The van der Waals surface area contributed by atoms with Gasteiger partial charge in [0.15, 0.2) is 0 Å². The van der Waals surface area contributed by atoms with Crippen molar-refractivity contribution in [2.45, 2.75) is 32.4 Å². The summed E-state index contributed by atoms with van der Waals surface area (Å²) in [4.78, 5) is 14.3. The van der Waals surface area contributed by atoms with E-state index in [0.717, 1.165) is 48.4 Å². The molecule has 7 heteroatoms. The van der Waals surface area contributed by atoms with E-state index >= 15 is 0 Å². The van der Waals surface area contributed by atoms with E-state index in [4.69, 9.17) is 10.5 Å². The minimum Gasteiger partial charge on any atom is -0.378 e. The summed E-state index contributed by atoms with van der Waals surface area (Å²) in [6.07, 6.45) is 1.62. The lowest BCUT2D eigenvalue weighted by Crippen LogP contribution is -2.41. The van der Waals surface area contributed by atoms with Crippen LogP contribution in [0.1, 0.15) is 25.3 Å². The maximum atomic E-state index is 12.0. The third-order valence-corrected chi connectivity index (χ3v) is 4.28. The molecule has 130 valence electrons. The molecule has 1 aliphatic rings. The lowest BCUT2D eigenvalue weighted by atomic mass is 10.1. The molecule has 0 bridgehead atoms. The Kier molecular flexibility index (Phi) is 8.91. The molecule has 1 unspecified atom stereocenters. The molecular weight excluding hydrogens is 382 g/mol. The minimum atomic E-state index is -0.424. The van der Waals surface area contributed by atoms with Crippen LogP contribution in [-0.2, 0) is 16.1 Å². The molecule has 23 heavy (non-hydrogen) atoms. The Labute approximate surface area is 152 Å². The van der Waals surface area contributed by atoms with Crippen molar-refractivity contribution in [3.8, 4) is 0 Å². The first-order chi connectivity index (χ1) is 10.6. The van der Waals surface area contributed by atoms with Gasteiger partial charge in [-0.25, -0.2) is 0 Å². The van der Waals surface area contributed by atoms with E-state index in [-0.39, 0.29) is 18.3 Å². The zero-order chi connectivity index (χ0) is 15.9. The number of hydrogen-bond acceptors (Lipinski definition) is 4. The Morgan fingerprint density at radius 3 is 2.78 bits per heavy atom. The van der Waals surface area contributed by atoms with E-state index < -0.39 is 6.04 Å². The first kappa shape index (κ1) is 20.2. The first-order valence-corrected chi connectivity index (χ1v) is 8.55. The van der Waals surface area contributed by atoms with Crippen molar-refractivity contribution in [2.75, 3.05) is 31.2 Å². The lowest BCUT2D eigenvalue weighted by Gasteiger charge is -2.31. The van der Waals surface area contributed by atoms with Gasteiger partial charge in [-0.3, -0.25) is 4.79 Å². The van der Waals surface area contributed by atoms with Gasteiger partial charge >= 0.3 is 0 Å². The molecule has 1 aliphatic heterocycles. The Balaban J connectivity index is 0.00000264. The highest BCUT2D eigenvalue weighted by atomic mass is 79.9. The average molecular weight is 407 g/mol. The third-order valence-electron chi connectivity index (χ3n) is 3.79. The van der Waals surface area contributed by atoms with Crippen LogP contribution in [0.2, 0.25) is 0 Å². The van der Waals surface area contributed by atoms with E-state index in [1.165, 1.54) is 0 Å². The second-order valence-electron chi connectivity index (χ2n) is 5.49. The molecule has 1 heterocycles. The van der Waals surface area contributed by atoms with Crippen molar-refractivity contribution in [3.63, 3.8) is 0 Å². The van der Waals surface area contributed by atoms with Crippen LogP contribution in [0.4, 0.5) is 5.69 Å². The van der Waals surface area contributed by atoms with Crippen molar-refractivity contribution >= 4 is 39.9 Å². The van der Waals surface area contributed by atoms with E-state index in [1.54, 1.807) is 0 Å². The maximum absolute atomic E-state index is 12.0. The van der Waals surface area contributed by atoms with Gasteiger partial charge in [-0.05, 0) is 24.1 Å². The monoisotopic (exact) mass is 405 g/mol. The van der Waals surface area contributed by atoms with Crippen molar-refractivity contribution < 1.29 is 9.53 Å². The number of amides is 1. The van der Waals surface area contributed by atoms with E-state index in [0.29, 0.717) is 13.0 Å². The van der Waals surface area contributed by atoms with E-state index in [2.05, 4.69) is 32.2 Å². The molecule has 1 aromatic rings. The van der Waals surface area contributed by atoms with Gasteiger partial charge in [0.25, 0.3) is 0 Å². The highest BCUT2D eigenvalue weighted by Gasteiger charge is 2.17. The molecular formula is C16H25BrClN3O2. The van der Waals surface area contributed by atoms with Crippen LogP contribution in [0.25, 0.3) is 0 Å². The minimum absolute atomic E-state index is 0. The van der Waals surface area contributed by atoms with Crippen LogP contribution in [0.5, 0.6) is 0 Å². The van der Waals surface area contributed by atoms with Gasteiger partial charge in [-0.1, -0.05) is 35.3 Å². The molecule has 0 aromatic heterocycles. The highest BCUT2D eigenvalue weighted by molar-refractivity contribution is 9.10. The topological polar surface area (TPSA) is 67.6 Å². The van der Waals surface area contributed by atoms with Crippen molar-refractivity contribution in [1.29, 1.82) is 0 Å². The van der Waals surface area contributed by atoms with Crippen LogP contribution >= 0.6 is 28.3 Å². The van der Waals surface area contributed by atoms with Gasteiger partial charge in [-0.2, -0.15) is 0 Å². The summed E-state index contributed by atoms with van der Waals surface area (Å²) >= 11 is 3.52. The van der Waals surface area contributed by atoms with Gasteiger partial charge in [0.2, 0.25) is 5.91 Å². The number of halogens is 2. The number of nitrogens with zero attached hydrogens (tertiary/aromatic N) is 1. The number of hydrogen-bond donors (Lipinski definition) is 2. The molecule has 5 nitrogen and oxygen atoms in total. The number of carbonyl (C=O) groups excluding carboxylic acids is 1. The van der Waals surface area contributed by atoms with Crippen LogP contribution in [0, 0.1) is 0 Å². The van der Waals surface area contributed by atoms with Gasteiger partial charge in [0, 0.05) is 29.8 Å². The van der Waals surface area contributed by atoms with Crippen LogP contribution < -0.4 is 16.0 Å². The summed E-state index contributed by atoms with van der Waals surface area (Å²) in [5, 5.41) is 2.95. The van der Waals surface area contributed by atoms with Gasteiger partial charge < -0.3 is 20.7 Å². The number of carbonyl (C=O) groups is 1. The average Bonchev–Trinajstić information content (AvgIpc) is 2.54. The van der Waals surface area contributed by atoms with Crippen LogP contribution in [0.3, 0.4) is 0 Å². The fraction of sp³-hybridized carbons (Fsp3) is 0.562. The number of rotatable bonds is 6. The molecule has 3 N–H and O–H groups in total. The Morgan fingerprint density at radius 1 is 1.43 bits per heavy atom. The number of nitrogens with two attached hydrogens (primary N) is 1. The number of nitrogens with one attached hydrogen (secondary N) is 1. The zero-order valence-electron chi connectivity index (χ0n) is 13.4. The summed E-state index contributed by atoms with van der Waals surface area (Å²) in [6.45, 7) is 5.73. The van der Waals surface area contributed by atoms with Crippen molar-refractivity contribution in [2.24, 2.45) is 5.73 Å². The molecule has 1 atom stereocenters. The van der Waals surface area contributed by atoms with E-state index in [9.17, 15) is 4.79 Å². The first-order valence-electron chi connectivity index (χ1n) is 7.76. The third kappa shape index (κ3) is 5.95. The second kappa shape index (κ2) is 10.1. The molecule has 0 aliphatic carbocycles.